The molecule has 1 N–H and O–H groups in total. The van der Waals surface area contributed by atoms with Crippen molar-refractivity contribution < 1.29 is 4.42 Å². The third-order valence-corrected chi connectivity index (χ3v) is 3.62. The van der Waals surface area contributed by atoms with Gasteiger partial charge in [-0.25, -0.2) is 0 Å². The van der Waals surface area contributed by atoms with Crippen LogP contribution < -0.4 is 5.32 Å². The summed E-state index contributed by atoms with van der Waals surface area (Å²) in [5, 5.41) is 3.38. The van der Waals surface area contributed by atoms with E-state index in [9.17, 15) is 0 Å². The normalized spacial score (nSPS) is 21.5. The molecule has 1 fully saturated rings. The van der Waals surface area contributed by atoms with Crippen molar-refractivity contribution in [3.8, 4) is 0 Å². The highest BCUT2D eigenvalue weighted by Crippen LogP contribution is 2.42. The number of para-hydroxylation sites is 2. The lowest BCUT2D eigenvalue weighted by molar-refractivity contribution is 0.613. The van der Waals surface area contributed by atoms with Crippen LogP contribution in [0.25, 0.3) is 11.1 Å². The molecule has 0 aliphatic heterocycles. The number of rotatable bonds is 3. The first kappa shape index (κ1) is 10.6. The van der Waals surface area contributed by atoms with Crippen LogP contribution in [0.1, 0.15) is 17.9 Å². The van der Waals surface area contributed by atoms with Gasteiger partial charge in [0, 0.05) is 12.0 Å². The number of nitrogens with zero attached hydrogens (tertiary/aromatic N) is 1. The average molecular weight is 250 g/mol. The second-order valence-corrected chi connectivity index (χ2v) is 4.99. The first-order valence-corrected chi connectivity index (χ1v) is 6.57. The molecule has 1 saturated carbocycles. The summed E-state index contributed by atoms with van der Waals surface area (Å²) in [6.45, 7) is 0. The fourth-order valence-electron chi connectivity index (χ4n) is 2.52. The minimum absolute atomic E-state index is 0.440. The lowest BCUT2D eigenvalue weighted by atomic mass is 10.1. The van der Waals surface area contributed by atoms with E-state index in [0.717, 1.165) is 17.5 Å². The van der Waals surface area contributed by atoms with E-state index in [4.69, 9.17) is 4.42 Å². The van der Waals surface area contributed by atoms with Gasteiger partial charge in [0.15, 0.2) is 5.58 Å². The zero-order valence-corrected chi connectivity index (χ0v) is 10.4. The molecule has 1 aliphatic carbocycles. The molecule has 1 aliphatic rings. The zero-order valence-electron chi connectivity index (χ0n) is 10.4. The van der Waals surface area contributed by atoms with E-state index < -0.39 is 0 Å². The van der Waals surface area contributed by atoms with Crippen LogP contribution in [-0.4, -0.2) is 11.0 Å². The van der Waals surface area contributed by atoms with Crippen molar-refractivity contribution in [3.05, 3.63) is 60.2 Å². The van der Waals surface area contributed by atoms with Crippen molar-refractivity contribution in [2.75, 3.05) is 5.32 Å². The van der Waals surface area contributed by atoms with E-state index in [1.807, 2.05) is 24.3 Å². The summed E-state index contributed by atoms with van der Waals surface area (Å²) in [7, 11) is 0. The second kappa shape index (κ2) is 4.12. The number of anilines is 1. The van der Waals surface area contributed by atoms with Gasteiger partial charge in [-0.05, 0) is 24.1 Å². The molecule has 3 aromatic rings. The summed E-state index contributed by atoms with van der Waals surface area (Å²) in [6, 6.07) is 19.5. The molecule has 3 heteroatoms. The van der Waals surface area contributed by atoms with Crippen molar-refractivity contribution in [1.82, 2.24) is 4.98 Å². The minimum Gasteiger partial charge on any atom is -0.424 e. The lowest BCUT2D eigenvalue weighted by Crippen LogP contribution is -2.03. The smallest absolute Gasteiger partial charge is 0.295 e. The van der Waals surface area contributed by atoms with Crippen LogP contribution in [0.15, 0.2) is 59.0 Å². The fourth-order valence-corrected chi connectivity index (χ4v) is 2.52. The van der Waals surface area contributed by atoms with Gasteiger partial charge in [0.2, 0.25) is 0 Å². The van der Waals surface area contributed by atoms with Crippen LogP contribution in [0.2, 0.25) is 0 Å². The van der Waals surface area contributed by atoms with Gasteiger partial charge in [-0.3, -0.25) is 0 Å². The van der Waals surface area contributed by atoms with Crippen LogP contribution in [-0.2, 0) is 0 Å². The van der Waals surface area contributed by atoms with Crippen LogP contribution >= 0.6 is 0 Å². The molecule has 1 heterocycles. The number of hydrogen-bond donors (Lipinski definition) is 1. The minimum atomic E-state index is 0.440. The van der Waals surface area contributed by atoms with Crippen LogP contribution in [0.5, 0.6) is 0 Å². The van der Waals surface area contributed by atoms with E-state index in [0.29, 0.717) is 18.0 Å². The van der Waals surface area contributed by atoms with Gasteiger partial charge >= 0.3 is 0 Å². The number of aromatic nitrogens is 1. The summed E-state index contributed by atoms with van der Waals surface area (Å²) < 4.78 is 5.68. The predicted octanol–water partition coefficient (Wildman–Crippen LogP) is 3.80. The summed E-state index contributed by atoms with van der Waals surface area (Å²) in [5.74, 6) is 0.580. The van der Waals surface area contributed by atoms with Crippen molar-refractivity contribution >= 4 is 17.1 Å². The Morgan fingerprint density at radius 1 is 1.00 bits per heavy atom. The standard InChI is InChI=1S/C16H14N2O/c1-2-6-11(7-3-1)12-10-14(12)18-16-17-13-8-4-5-9-15(13)19-16/h1-9,12,14H,10H2,(H,17,18). The molecule has 0 bridgehead atoms. The van der Waals surface area contributed by atoms with Gasteiger partial charge in [-0.15, -0.1) is 0 Å². The molecule has 1 aromatic heterocycles. The Morgan fingerprint density at radius 2 is 1.79 bits per heavy atom. The zero-order chi connectivity index (χ0) is 12.7. The average Bonchev–Trinajstić information content (AvgIpc) is 3.09. The SMILES string of the molecule is c1ccc(C2CC2Nc2nc3ccccc3o2)cc1. The third kappa shape index (κ3) is 1.97. The lowest BCUT2D eigenvalue weighted by Gasteiger charge is -2.00. The first-order chi connectivity index (χ1) is 9.40. The number of hydrogen-bond acceptors (Lipinski definition) is 3. The molecule has 2 aromatic carbocycles. The van der Waals surface area contributed by atoms with Gasteiger partial charge in [-0.1, -0.05) is 42.5 Å². The van der Waals surface area contributed by atoms with Crippen molar-refractivity contribution in [3.63, 3.8) is 0 Å². The molecule has 2 unspecified atom stereocenters. The quantitative estimate of drug-likeness (QED) is 0.768. The molecule has 2 atom stereocenters. The Bertz CT molecular complexity index is 672. The van der Waals surface area contributed by atoms with Crippen LogP contribution in [0.4, 0.5) is 6.01 Å². The van der Waals surface area contributed by atoms with E-state index in [-0.39, 0.29) is 0 Å². The predicted molar refractivity (Wildman–Crippen MR) is 75.2 cm³/mol. The topological polar surface area (TPSA) is 38.1 Å². The maximum Gasteiger partial charge on any atom is 0.295 e. The Hall–Kier alpha value is -2.29. The van der Waals surface area contributed by atoms with Gasteiger partial charge in [0.25, 0.3) is 6.01 Å². The van der Waals surface area contributed by atoms with Gasteiger partial charge < -0.3 is 9.73 Å². The molecule has 94 valence electrons. The van der Waals surface area contributed by atoms with E-state index >= 15 is 0 Å². The Balaban J connectivity index is 1.51. The number of benzene rings is 2. The van der Waals surface area contributed by atoms with Crippen molar-refractivity contribution in [2.45, 2.75) is 18.4 Å². The Morgan fingerprint density at radius 3 is 2.63 bits per heavy atom. The Kier molecular flexibility index (Phi) is 2.30. The maximum atomic E-state index is 5.68. The van der Waals surface area contributed by atoms with Crippen LogP contribution in [0.3, 0.4) is 0 Å². The summed E-state index contributed by atoms with van der Waals surface area (Å²) in [5.41, 5.74) is 3.12. The van der Waals surface area contributed by atoms with Crippen molar-refractivity contribution in [2.24, 2.45) is 0 Å². The monoisotopic (exact) mass is 250 g/mol. The molecular formula is C16H14N2O. The number of oxazole rings is 1. The van der Waals surface area contributed by atoms with Crippen LogP contribution in [0, 0.1) is 0 Å². The highest BCUT2D eigenvalue weighted by molar-refractivity contribution is 5.74. The molecule has 0 saturated heterocycles. The molecule has 3 nitrogen and oxygen atoms in total. The largest absolute Gasteiger partial charge is 0.424 e. The molecule has 0 spiro atoms. The third-order valence-electron chi connectivity index (χ3n) is 3.62. The molecular weight excluding hydrogens is 236 g/mol. The summed E-state index contributed by atoms with van der Waals surface area (Å²) in [6.07, 6.45) is 1.14. The first-order valence-electron chi connectivity index (χ1n) is 6.57. The molecule has 0 amide bonds. The molecule has 19 heavy (non-hydrogen) atoms. The van der Waals surface area contributed by atoms with Gasteiger partial charge in [-0.2, -0.15) is 4.98 Å². The van der Waals surface area contributed by atoms with Gasteiger partial charge in [0.05, 0.1) is 0 Å². The van der Waals surface area contributed by atoms with E-state index in [2.05, 4.69) is 40.6 Å². The molecule has 4 rings (SSSR count). The highest BCUT2D eigenvalue weighted by Gasteiger charge is 2.39. The molecule has 0 radical (unpaired) electrons. The van der Waals surface area contributed by atoms with E-state index in [1.165, 1.54) is 5.56 Å². The Labute approximate surface area is 111 Å². The van der Waals surface area contributed by atoms with Crippen molar-refractivity contribution in [1.29, 1.82) is 0 Å². The number of fused-ring (bicyclic) bond motifs is 1. The second-order valence-electron chi connectivity index (χ2n) is 4.99. The summed E-state index contributed by atoms with van der Waals surface area (Å²) >= 11 is 0. The summed E-state index contributed by atoms with van der Waals surface area (Å²) in [4.78, 5) is 4.44. The number of nitrogens with one attached hydrogen (secondary N) is 1. The highest BCUT2D eigenvalue weighted by atomic mass is 16.4. The maximum absolute atomic E-state index is 5.68. The van der Waals surface area contributed by atoms with Gasteiger partial charge in [0.1, 0.15) is 5.52 Å². The fraction of sp³-hybridized carbons (Fsp3) is 0.188. The van der Waals surface area contributed by atoms with E-state index in [1.54, 1.807) is 0 Å².